The highest BCUT2D eigenvalue weighted by molar-refractivity contribution is 5.77. The monoisotopic (exact) mass is 471 g/mol. The quantitative estimate of drug-likeness (QED) is 0.412. The van der Waals surface area contributed by atoms with Crippen LogP contribution in [0.3, 0.4) is 0 Å². The van der Waals surface area contributed by atoms with E-state index in [0.29, 0.717) is 47.8 Å². The molecule has 0 bridgehead atoms. The summed E-state index contributed by atoms with van der Waals surface area (Å²) in [6, 6.07) is 15.5. The maximum Gasteiger partial charge on any atom is 0.258 e. The van der Waals surface area contributed by atoms with E-state index in [1.807, 2.05) is 49.4 Å². The Morgan fingerprint density at radius 3 is 2.74 bits per heavy atom. The van der Waals surface area contributed by atoms with Crippen LogP contribution < -0.4 is 10.9 Å². The molecule has 1 saturated carbocycles. The van der Waals surface area contributed by atoms with Crippen molar-refractivity contribution in [3.05, 3.63) is 76.2 Å². The van der Waals surface area contributed by atoms with Crippen LogP contribution in [0.5, 0.6) is 0 Å². The van der Waals surface area contributed by atoms with Gasteiger partial charge in [-0.3, -0.25) is 9.59 Å². The van der Waals surface area contributed by atoms with Crippen molar-refractivity contribution in [2.75, 3.05) is 0 Å². The Hall–Kier alpha value is -3.81. The first kappa shape index (κ1) is 23.0. The predicted molar refractivity (Wildman–Crippen MR) is 133 cm³/mol. The highest BCUT2D eigenvalue weighted by Crippen LogP contribution is 2.33. The van der Waals surface area contributed by atoms with Gasteiger partial charge in [0.05, 0.1) is 10.9 Å². The molecule has 1 fully saturated rings. The minimum atomic E-state index is -0.140. The number of amides is 1. The summed E-state index contributed by atoms with van der Waals surface area (Å²) in [7, 11) is 0. The van der Waals surface area contributed by atoms with Crippen LogP contribution >= 0.6 is 0 Å². The molecule has 1 aliphatic rings. The minimum absolute atomic E-state index is 0.0381. The van der Waals surface area contributed by atoms with Crippen LogP contribution in [0.2, 0.25) is 0 Å². The number of rotatable bonds is 7. The molecule has 2 heterocycles. The van der Waals surface area contributed by atoms with Gasteiger partial charge >= 0.3 is 0 Å². The van der Waals surface area contributed by atoms with Crippen LogP contribution in [0.4, 0.5) is 0 Å². The molecular weight excluding hydrogens is 442 g/mol. The Morgan fingerprint density at radius 2 is 1.91 bits per heavy atom. The molecule has 35 heavy (non-hydrogen) atoms. The number of carbonyl (C=O) groups excluding carboxylic acids is 1. The maximum absolute atomic E-state index is 12.5. The summed E-state index contributed by atoms with van der Waals surface area (Å²) in [6.07, 6.45) is 5.17. The summed E-state index contributed by atoms with van der Waals surface area (Å²) in [6.45, 7) is 2.04. The first-order valence-corrected chi connectivity index (χ1v) is 12.2. The number of para-hydroxylation sites is 1. The first-order valence-electron chi connectivity index (χ1n) is 12.2. The van der Waals surface area contributed by atoms with E-state index in [1.165, 1.54) is 0 Å². The van der Waals surface area contributed by atoms with Crippen LogP contribution in [0, 0.1) is 6.92 Å². The summed E-state index contributed by atoms with van der Waals surface area (Å²) in [5.41, 5.74) is 2.63. The van der Waals surface area contributed by atoms with Crippen LogP contribution in [-0.4, -0.2) is 32.1 Å². The zero-order valence-corrected chi connectivity index (χ0v) is 19.8. The second-order valence-electron chi connectivity index (χ2n) is 9.31. The fraction of sp³-hybridized carbons (Fsp3) is 0.370. The Morgan fingerprint density at radius 1 is 1.09 bits per heavy atom. The predicted octanol–water partition coefficient (Wildman–Crippen LogP) is 4.45. The van der Waals surface area contributed by atoms with E-state index in [1.54, 1.807) is 6.07 Å². The normalized spacial score (nSPS) is 18.0. The van der Waals surface area contributed by atoms with E-state index >= 15 is 0 Å². The molecule has 0 saturated heterocycles. The molecule has 1 aliphatic carbocycles. The van der Waals surface area contributed by atoms with Gasteiger partial charge in [0.1, 0.15) is 5.82 Å². The highest BCUT2D eigenvalue weighted by atomic mass is 16.4. The molecule has 4 aromatic rings. The molecule has 0 unspecified atom stereocenters. The molecule has 180 valence electrons. The van der Waals surface area contributed by atoms with Crippen molar-refractivity contribution in [2.45, 2.75) is 63.8 Å². The van der Waals surface area contributed by atoms with E-state index in [4.69, 9.17) is 4.42 Å². The summed E-state index contributed by atoms with van der Waals surface area (Å²) in [4.78, 5) is 32.0. The third-order valence-corrected chi connectivity index (χ3v) is 6.63. The van der Waals surface area contributed by atoms with Gasteiger partial charge in [-0.15, -0.1) is 10.2 Å². The number of aryl methyl sites for hydroxylation is 2. The average molecular weight is 472 g/mol. The van der Waals surface area contributed by atoms with Gasteiger partial charge in [0.25, 0.3) is 5.56 Å². The number of carbonyl (C=O) groups is 1. The number of hydrogen-bond acceptors (Lipinski definition) is 6. The van der Waals surface area contributed by atoms with Gasteiger partial charge in [-0.2, -0.15) is 0 Å². The number of nitrogens with one attached hydrogen (secondary N) is 2. The number of hydrogen-bond donors (Lipinski definition) is 2. The van der Waals surface area contributed by atoms with Gasteiger partial charge in [-0.25, -0.2) is 4.98 Å². The van der Waals surface area contributed by atoms with E-state index in [0.717, 1.165) is 36.8 Å². The number of H-pyrrole nitrogens is 1. The SMILES string of the molecule is Cc1cccc(-c2nnc([C@H]3CC[C@H](NC(=O)CCCc4nc5ccccc5c(=O)[nH]4)CC3)o2)c1. The number of aromatic nitrogens is 4. The minimum Gasteiger partial charge on any atom is -0.420 e. The van der Waals surface area contributed by atoms with E-state index in [2.05, 4.69) is 25.5 Å². The van der Waals surface area contributed by atoms with Crippen molar-refractivity contribution in [1.82, 2.24) is 25.5 Å². The Labute approximate surface area is 203 Å². The lowest BCUT2D eigenvalue weighted by molar-refractivity contribution is -0.122. The third kappa shape index (κ3) is 5.48. The van der Waals surface area contributed by atoms with E-state index < -0.39 is 0 Å². The molecule has 0 radical (unpaired) electrons. The topological polar surface area (TPSA) is 114 Å². The molecule has 0 spiro atoms. The molecule has 8 heteroatoms. The van der Waals surface area contributed by atoms with Crippen molar-refractivity contribution in [2.24, 2.45) is 0 Å². The number of benzene rings is 2. The zero-order chi connectivity index (χ0) is 24.2. The summed E-state index contributed by atoms with van der Waals surface area (Å²) >= 11 is 0. The number of aromatic amines is 1. The van der Waals surface area contributed by atoms with Crippen molar-refractivity contribution in [3.63, 3.8) is 0 Å². The van der Waals surface area contributed by atoms with Gasteiger partial charge in [-0.1, -0.05) is 29.8 Å². The largest absolute Gasteiger partial charge is 0.420 e. The van der Waals surface area contributed by atoms with Crippen molar-refractivity contribution in [3.8, 4) is 11.5 Å². The average Bonchev–Trinajstić information content (AvgIpc) is 3.35. The first-order chi connectivity index (χ1) is 17.0. The fourth-order valence-electron chi connectivity index (χ4n) is 4.75. The lowest BCUT2D eigenvalue weighted by Gasteiger charge is -2.27. The van der Waals surface area contributed by atoms with Gasteiger partial charge in [-0.05, 0) is 63.3 Å². The fourth-order valence-corrected chi connectivity index (χ4v) is 4.75. The second-order valence-corrected chi connectivity index (χ2v) is 9.31. The summed E-state index contributed by atoms with van der Waals surface area (Å²) in [5, 5.41) is 12.3. The van der Waals surface area contributed by atoms with Gasteiger partial charge in [0, 0.05) is 30.4 Å². The third-order valence-electron chi connectivity index (χ3n) is 6.63. The standard InChI is InChI=1S/C27H29N5O3/c1-17-6-4-7-19(16-17)27-32-31-26(35-27)18-12-14-20(15-13-18)28-24(33)11-5-10-23-29-22-9-3-2-8-21(22)25(34)30-23/h2-4,6-9,16,18,20H,5,10-15H2,1H3,(H,28,33)(H,29,30,34)/t18-,20-. The summed E-state index contributed by atoms with van der Waals surface area (Å²) < 4.78 is 5.97. The molecule has 2 N–H and O–H groups in total. The highest BCUT2D eigenvalue weighted by Gasteiger charge is 2.27. The smallest absolute Gasteiger partial charge is 0.258 e. The zero-order valence-electron chi connectivity index (χ0n) is 19.8. The Kier molecular flexibility index (Phi) is 6.70. The maximum atomic E-state index is 12.5. The molecule has 2 aromatic heterocycles. The van der Waals surface area contributed by atoms with E-state index in [9.17, 15) is 9.59 Å². The van der Waals surface area contributed by atoms with Gasteiger partial charge in [0.15, 0.2) is 0 Å². The van der Waals surface area contributed by atoms with Gasteiger partial charge in [0.2, 0.25) is 17.7 Å². The van der Waals surface area contributed by atoms with E-state index in [-0.39, 0.29) is 23.4 Å². The summed E-state index contributed by atoms with van der Waals surface area (Å²) in [5.74, 6) is 2.12. The van der Waals surface area contributed by atoms with Crippen LogP contribution in [0.25, 0.3) is 22.4 Å². The molecule has 2 aromatic carbocycles. The van der Waals surface area contributed by atoms with Crippen LogP contribution in [-0.2, 0) is 11.2 Å². The molecular formula is C27H29N5O3. The molecule has 0 aliphatic heterocycles. The Bertz CT molecular complexity index is 1380. The number of nitrogens with zero attached hydrogens (tertiary/aromatic N) is 3. The van der Waals surface area contributed by atoms with Crippen molar-refractivity contribution < 1.29 is 9.21 Å². The van der Waals surface area contributed by atoms with Crippen molar-refractivity contribution in [1.29, 1.82) is 0 Å². The van der Waals surface area contributed by atoms with Crippen molar-refractivity contribution >= 4 is 16.8 Å². The molecule has 1 amide bonds. The van der Waals surface area contributed by atoms with Crippen LogP contribution in [0.1, 0.15) is 61.7 Å². The lowest BCUT2D eigenvalue weighted by Crippen LogP contribution is -2.37. The van der Waals surface area contributed by atoms with Crippen LogP contribution in [0.15, 0.2) is 57.7 Å². The van der Waals surface area contributed by atoms with Gasteiger partial charge < -0.3 is 14.7 Å². The lowest BCUT2D eigenvalue weighted by atomic mass is 9.86. The molecule has 0 atom stereocenters. The Balaban J connectivity index is 1.08. The molecule has 5 rings (SSSR count). The number of fused-ring (bicyclic) bond motifs is 1. The second kappa shape index (κ2) is 10.2. The molecule has 8 nitrogen and oxygen atoms in total.